The van der Waals surface area contributed by atoms with Crippen LogP contribution in [0.4, 0.5) is 0 Å². The Bertz CT molecular complexity index is 301. The minimum absolute atomic E-state index is 0.225. The van der Waals surface area contributed by atoms with E-state index in [1.807, 2.05) is 0 Å². The van der Waals surface area contributed by atoms with Gasteiger partial charge in [0.1, 0.15) is 0 Å². The minimum Gasteiger partial charge on any atom is -0.212 e. The van der Waals surface area contributed by atoms with Crippen molar-refractivity contribution in [2.45, 2.75) is 57.6 Å². The lowest BCUT2D eigenvalue weighted by Crippen LogP contribution is -2.39. The molecule has 0 bridgehead atoms. The molecule has 4 heteroatoms. The van der Waals surface area contributed by atoms with Gasteiger partial charge in [-0.25, -0.2) is 8.42 Å². The van der Waals surface area contributed by atoms with Gasteiger partial charge in [0, 0.05) is 10.7 Å². The maximum atomic E-state index is 11.5. The van der Waals surface area contributed by atoms with Crippen LogP contribution in [0.3, 0.4) is 0 Å². The average Bonchev–Trinajstić information content (AvgIpc) is 2.16. The third-order valence-electron chi connectivity index (χ3n) is 4.04. The van der Waals surface area contributed by atoms with Crippen LogP contribution in [0.5, 0.6) is 0 Å². The van der Waals surface area contributed by atoms with Gasteiger partial charge in [-0.3, -0.25) is 0 Å². The summed E-state index contributed by atoms with van der Waals surface area (Å²) < 4.78 is 22.2. The van der Waals surface area contributed by atoms with Crippen molar-refractivity contribution >= 4 is 19.7 Å². The fraction of sp³-hybridized carbons (Fsp3) is 1.00. The molecule has 1 fully saturated rings. The molecule has 15 heavy (non-hydrogen) atoms. The standard InChI is InChI=1S/C11H21ClO2S/c1-4-9-5-7-10(8-6-9)11(2,3)15(12,13)14/h9-10H,4-8H2,1-3H3. The van der Waals surface area contributed by atoms with Crippen molar-refractivity contribution in [3.8, 4) is 0 Å². The lowest BCUT2D eigenvalue weighted by molar-refractivity contribution is 0.232. The predicted octanol–water partition coefficient (Wildman–Crippen LogP) is 3.55. The quantitative estimate of drug-likeness (QED) is 0.720. The van der Waals surface area contributed by atoms with Crippen LogP contribution >= 0.6 is 10.7 Å². The summed E-state index contributed by atoms with van der Waals surface area (Å²) in [5, 5.41) is 0. The van der Waals surface area contributed by atoms with E-state index in [9.17, 15) is 8.42 Å². The Hall–Kier alpha value is 0.240. The molecule has 0 aromatic heterocycles. The largest absolute Gasteiger partial charge is 0.238 e. The highest BCUT2D eigenvalue weighted by molar-refractivity contribution is 8.14. The predicted molar refractivity (Wildman–Crippen MR) is 64.6 cm³/mol. The Kier molecular flexibility index (Phi) is 4.10. The molecular formula is C11H21ClO2S. The molecule has 0 radical (unpaired) electrons. The average molecular weight is 253 g/mol. The van der Waals surface area contributed by atoms with Gasteiger partial charge in [0.15, 0.2) is 0 Å². The first-order valence-electron chi connectivity index (χ1n) is 5.73. The monoisotopic (exact) mass is 252 g/mol. The van der Waals surface area contributed by atoms with Crippen LogP contribution in [0, 0.1) is 11.8 Å². The molecule has 1 rings (SSSR count). The number of rotatable bonds is 3. The van der Waals surface area contributed by atoms with Crippen molar-refractivity contribution in [1.82, 2.24) is 0 Å². The molecule has 0 saturated heterocycles. The molecule has 2 nitrogen and oxygen atoms in total. The summed E-state index contributed by atoms with van der Waals surface area (Å²) in [7, 11) is 2.05. The molecule has 0 amide bonds. The Labute approximate surface area is 97.8 Å². The maximum Gasteiger partial charge on any atom is 0.238 e. The molecule has 90 valence electrons. The Morgan fingerprint density at radius 3 is 2.00 bits per heavy atom. The van der Waals surface area contributed by atoms with Gasteiger partial charge >= 0.3 is 0 Å². The lowest BCUT2D eigenvalue weighted by atomic mass is 9.76. The van der Waals surface area contributed by atoms with Crippen LogP contribution < -0.4 is 0 Å². The van der Waals surface area contributed by atoms with Crippen molar-refractivity contribution in [2.24, 2.45) is 11.8 Å². The molecule has 1 saturated carbocycles. The smallest absolute Gasteiger partial charge is 0.212 e. The fourth-order valence-electron chi connectivity index (χ4n) is 2.46. The number of hydrogen-bond donors (Lipinski definition) is 0. The van der Waals surface area contributed by atoms with E-state index in [2.05, 4.69) is 6.92 Å². The highest BCUT2D eigenvalue weighted by Gasteiger charge is 2.41. The van der Waals surface area contributed by atoms with E-state index in [0.717, 1.165) is 31.6 Å². The molecule has 0 aliphatic heterocycles. The van der Waals surface area contributed by atoms with E-state index in [4.69, 9.17) is 10.7 Å². The molecule has 0 spiro atoms. The Morgan fingerprint density at radius 2 is 1.67 bits per heavy atom. The van der Waals surface area contributed by atoms with E-state index < -0.39 is 13.8 Å². The summed E-state index contributed by atoms with van der Waals surface area (Å²) in [4.78, 5) is 0. The summed E-state index contributed by atoms with van der Waals surface area (Å²) in [5.74, 6) is 1.01. The van der Waals surface area contributed by atoms with E-state index in [0.29, 0.717) is 0 Å². The van der Waals surface area contributed by atoms with Crippen molar-refractivity contribution in [1.29, 1.82) is 0 Å². The van der Waals surface area contributed by atoms with Gasteiger partial charge in [-0.05, 0) is 38.5 Å². The SMILES string of the molecule is CCC1CCC(C(C)(C)S(=O)(=O)Cl)CC1. The first-order chi connectivity index (χ1) is 6.79. The Balaban J connectivity index is 2.68. The van der Waals surface area contributed by atoms with Crippen molar-refractivity contribution in [2.75, 3.05) is 0 Å². The van der Waals surface area contributed by atoms with Crippen molar-refractivity contribution in [3.63, 3.8) is 0 Å². The molecule has 0 aromatic carbocycles. The van der Waals surface area contributed by atoms with Crippen LogP contribution in [0.15, 0.2) is 0 Å². The summed E-state index contributed by atoms with van der Waals surface area (Å²) >= 11 is 0. The van der Waals surface area contributed by atoms with Crippen LogP contribution in [0.1, 0.15) is 52.9 Å². The van der Waals surface area contributed by atoms with Gasteiger partial charge in [0.05, 0.1) is 4.75 Å². The number of hydrogen-bond acceptors (Lipinski definition) is 2. The summed E-state index contributed by atoms with van der Waals surface area (Å²) in [6.07, 6.45) is 5.50. The second-order valence-corrected chi connectivity index (χ2v) is 8.31. The van der Waals surface area contributed by atoms with Crippen LogP contribution in [-0.2, 0) is 9.05 Å². The van der Waals surface area contributed by atoms with Gasteiger partial charge < -0.3 is 0 Å². The van der Waals surface area contributed by atoms with Crippen LogP contribution in [-0.4, -0.2) is 13.2 Å². The van der Waals surface area contributed by atoms with Crippen molar-refractivity contribution in [3.05, 3.63) is 0 Å². The molecular weight excluding hydrogens is 232 g/mol. The molecule has 0 N–H and O–H groups in total. The van der Waals surface area contributed by atoms with Gasteiger partial charge in [0.25, 0.3) is 0 Å². The molecule has 1 aliphatic rings. The summed E-state index contributed by atoms with van der Waals surface area (Å²) in [6.45, 7) is 5.72. The van der Waals surface area contributed by atoms with E-state index >= 15 is 0 Å². The van der Waals surface area contributed by atoms with E-state index in [-0.39, 0.29) is 5.92 Å². The zero-order valence-corrected chi connectivity index (χ0v) is 11.4. The van der Waals surface area contributed by atoms with Crippen LogP contribution in [0.2, 0.25) is 0 Å². The van der Waals surface area contributed by atoms with Crippen LogP contribution in [0.25, 0.3) is 0 Å². The molecule has 1 aliphatic carbocycles. The van der Waals surface area contributed by atoms with E-state index in [1.54, 1.807) is 13.8 Å². The zero-order valence-electron chi connectivity index (χ0n) is 9.79. The number of halogens is 1. The summed E-state index contributed by atoms with van der Waals surface area (Å²) in [6, 6.07) is 0. The minimum atomic E-state index is -3.45. The molecule has 0 heterocycles. The zero-order chi connectivity index (χ0) is 11.7. The Morgan fingerprint density at radius 1 is 1.20 bits per heavy atom. The first-order valence-corrected chi connectivity index (χ1v) is 8.04. The highest BCUT2D eigenvalue weighted by Crippen LogP contribution is 2.41. The lowest BCUT2D eigenvalue weighted by Gasteiger charge is -2.36. The topological polar surface area (TPSA) is 34.1 Å². The third-order valence-corrected chi connectivity index (χ3v) is 6.82. The third kappa shape index (κ3) is 2.88. The van der Waals surface area contributed by atoms with Gasteiger partial charge in [-0.1, -0.05) is 26.2 Å². The van der Waals surface area contributed by atoms with Crippen molar-refractivity contribution < 1.29 is 8.42 Å². The molecule has 0 aromatic rings. The molecule has 0 unspecified atom stereocenters. The molecule has 0 atom stereocenters. The fourth-order valence-corrected chi connectivity index (χ4v) is 3.48. The second-order valence-electron chi connectivity index (χ2n) is 5.17. The first kappa shape index (κ1) is 13.3. The highest BCUT2D eigenvalue weighted by atomic mass is 35.7. The second kappa shape index (κ2) is 4.62. The van der Waals surface area contributed by atoms with Gasteiger partial charge in [-0.2, -0.15) is 0 Å². The van der Waals surface area contributed by atoms with Gasteiger partial charge in [0.2, 0.25) is 9.05 Å². The van der Waals surface area contributed by atoms with E-state index in [1.165, 1.54) is 6.42 Å². The van der Waals surface area contributed by atoms with Gasteiger partial charge in [-0.15, -0.1) is 0 Å². The summed E-state index contributed by atoms with van der Waals surface area (Å²) in [5.41, 5.74) is 0. The maximum absolute atomic E-state index is 11.5. The normalized spacial score (nSPS) is 29.1.